The van der Waals surface area contributed by atoms with Crippen molar-refractivity contribution in [1.82, 2.24) is 25.3 Å². The monoisotopic (exact) mass is 231 g/mol. The molecule has 2 aromatic rings. The lowest BCUT2D eigenvalue weighted by molar-refractivity contribution is 0.581. The standard InChI is InChI=1S/C12H17N5/c1-3-14-10(2)12-9-17(16-15-12)8-11-4-6-13-7-5-11/h4-7,9-10,14H,3,8H2,1-2H3. The van der Waals surface area contributed by atoms with E-state index in [2.05, 4.69) is 34.5 Å². The van der Waals surface area contributed by atoms with Crippen molar-refractivity contribution in [1.29, 1.82) is 0 Å². The van der Waals surface area contributed by atoms with Gasteiger partial charge < -0.3 is 5.32 Å². The van der Waals surface area contributed by atoms with Gasteiger partial charge in [-0.15, -0.1) is 5.10 Å². The highest BCUT2D eigenvalue weighted by Crippen LogP contribution is 2.08. The molecule has 0 saturated heterocycles. The second kappa shape index (κ2) is 5.54. The minimum atomic E-state index is 0.242. The van der Waals surface area contributed by atoms with E-state index in [-0.39, 0.29) is 6.04 Å². The molecule has 0 aliphatic rings. The second-order valence-electron chi connectivity index (χ2n) is 3.98. The first-order valence-electron chi connectivity index (χ1n) is 5.82. The molecular formula is C12H17N5. The van der Waals surface area contributed by atoms with Crippen LogP contribution in [-0.2, 0) is 6.54 Å². The predicted molar refractivity (Wildman–Crippen MR) is 65.5 cm³/mol. The van der Waals surface area contributed by atoms with Crippen LogP contribution in [0.4, 0.5) is 0 Å². The Labute approximate surface area is 101 Å². The zero-order valence-corrected chi connectivity index (χ0v) is 10.2. The van der Waals surface area contributed by atoms with Crippen LogP contribution in [0.1, 0.15) is 31.1 Å². The normalized spacial score (nSPS) is 12.6. The molecule has 5 nitrogen and oxygen atoms in total. The van der Waals surface area contributed by atoms with E-state index >= 15 is 0 Å². The summed E-state index contributed by atoms with van der Waals surface area (Å²) >= 11 is 0. The van der Waals surface area contributed by atoms with Crippen LogP contribution < -0.4 is 5.32 Å². The summed E-state index contributed by atoms with van der Waals surface area (Å²) in [5, 5.41) is 11.6. The summed E-state index contributed by atoms with van der Waals surface area (Å²) < 4.78 is 1.85. The van der Waals surface area contributed by atoms with E-state index in [1.165, 1.54) is 5.56 Å². The number of hydrogen-bond acceptors (Lipinski definition) is 4. The van der Waals surface area contributed by atoms with Crippen LogP contribution in [0, 0.1) is 0 Å². The van der Waals surface area contributed by atoms with E-state index in [0.29, 0.717) is 0 Å². The molecule has 90 valence electrons. The van der Waals surface area contributed by atoms with Crippen LogP contribution in [0.15, 0.2) is 30.7 Å². The molecule has 0 amide bonds. The van der Waals surface area contributed by atoms with E-state index in [1.807, 2.05) is 23.0 Å². The summed E-state index contributed by atoms with van der Waals surface area (Å²) in [5.74, 6) is 0. The predicted octanol–water partition coefficient (Wildman–Crippen LogP) is 1.39. The Kier molecular flexibility index (Phi) is 3.82. The summed E-state index contributed by atoms with van der Waals surface area (Å²) in [4.78, 5) is 3.99. The number of pyridine rings is 1. The minimum absolute atomic E-state index is 0.242. The molecule has 17 heavy (non-hydrogen) atoms. The third-order valence-corrected chi connectivity index (χ3v) is 2.60. The van der Waals surface area contributed by atoms with Gasteiger partial charge in [0.15, 0.2) is 0 Å². The molecule has 2 aromatic heterocycles. The molecule has 5 heteroatoms. The zero-order valence-electron chi connectivity index (χ0n) is 10.2. The maximum absolute atomic E-state index is 4.17. The van der Waals surface area contributed by atoms with Crippen molar-refractivity contribution < 1.29 is 0 Å². The van der Waals surface area contributed by atoms with Crippen molar-refractivity contribution in [2.75, 3.05) is 6.54 Å². The number of aromatic nitrogens is 4. The SMILES string of the molecule is CCNC(C)c1cn(Cc2ccncc2)nn1. The summed E-state index contributed by atoms with van der Waals surface area (Å²) in [7, 11) is 0. The van der Waals surface area contributed by atoms with Gasteiger partial charge in [-0.25, -0.2) is 4.68 Å². The van der Waals surface area contributed by atoms with Crippen LogP contribution in [-0.4, -0.2) is 26.5 Å². The molecule has 2 rings (SSSR count). The number of nitrogens with zero attached hydrogens (tertiary/aromatic N) is 4. The van der Waals surface area contributed by atoms with Gasteiger partial charge in [0.25, 0.3) is 0 Å². The van der Waals surface area contributed by atoms with Gasteiger partial charge in [-0.1, -0.05) is 12.1 Å². The largest absolute Gasteiger partial charge is 0.309 e. The lowest BCUT2D eigenvalue weighted by Gasteiger charge is -2.07. The highest BCUT2D eigenvalue weighted by molar-refractivity contribution is 5.10. The van der Waals surface area contributed by atoms with Gasteiger partial charge in [-0.05, 0) is 31.2 Å². The maximum Gasteiger partial charge on any atom is 0.0993 e. The van der Waals surface area contributed by atoms with Gasteiger partial charge in [0.1, 0.15) is 0 Å². The Morgan fingerprint density at radius 3 is 2.82 bits per heavy atom. The van der Waals surface area contributed by atoms with Gasteiger partial charge in [0.2, 0.25) is 0 Å². The topological polar surface area (TPSA) is 55.6 Å². The highest BCUT2D eigenvalue weighted by atomic mass is 15.4. The van der Waals surface area contributed by atoms with Crippen molar-refractivity contribution in [2.24, 2.45) is 0 Å². The molecule has 0 bridgehead atoms. The first-order valence-corrected chi connectivity index (χ1v) is 5.82. The molecule has 0 aliphatic carbocycles. The van der Waals surface area contributed by atoms with Crippen LogP contribution in [0.2, 0.25) is 0 Å². The van der Waals surface area contributed by atoms with Crippen molar-refractivity contribution in [3.63, 3.8) is 0 Å². The number of nitrogens with one attached hydrogen (secondary N) is 1. The molecule has 0 aromatic carbocycles. The first-order chi connectivity index (χ1) is 8.29. The quantitative estimate of drug-likeness (QED) is 0.845. The van der Waals surface area contributed by atoms with E-state index in [1.54, 1.807) is 12.4 Å². The molecule has 0 aliphatic heterocycles. The Morgan fingerprint density at radius 1 is 1.35 bits per heavy atom. The first kappa shape index (κ1) is 11.7. The van der Waals surface area contributed by atoms with Crippen LogP contribution in [0.25, 0.3) is 0 Å². The van der Waals surface area contributed by atoms with Gasteiger partial charge in [-0.2, -0.15) is 0 Å². The van der Waals surface area contributed by atoms with Crippen LogP contribution in [0.3, 0.4) is 0 Å². The van der Waals surface area contributed by atoms with Crippen molar-refractivity contribution in [3.8, 4) is 0 Å². The van der Waals surface area contributed by atoms with E-state index < -0.39 is 0 Å². The average molecular weight is 231 g/mol. The smallest absolute Gasteiger partial charge is 0.0993 e. The van der Waals surface area contributed by atoms with Crippen molar-refractivity contribution >= 4 is 0 Å². The second-order valence-corrected chi connectivity index (χ2v) is 3.98. The molecule has 0 fully saturated rings. The Morgan fingerprint density at radius 2 is 2.12 bits per heavy atom. The summed E-state index contributed by atoms with van der Waals surface area (Å²) in [6.45, 7) is 5.83. The number of rotatable bonds is 5. The van der Waals surface area contributed by atoms with Gasteiger partial charge in [-0.3, -0.25) is 4.98 Å². The molecule has 0 spiro atoms. The van der Waals surface area contributed by atoms with Gasteiger partial charge in [0, 0.05) is 12.4 Å². The molecule has 1 atom stereocenters. The Bertz CT molecular complexity index is 451. The third kappa shape index (κ3) is 3.10. The lowest BCUT2D eigenvalue weighted by atomic mass is 10.2. The van der Waals surface area contributed by atoms with E-state index in [9.17, 15) is 0 Å². The lowest BCUT2D eigenvalue weighted by Crippen LogP contribution is -2.17. The van der Waals surface area contributed by atoms with Gasteiger partial charge >= 0.3 is 0 Å². The molecule has 0 saturated carbocycles. The molecule has 0 radical (unpaired) electrons. The van der Waals surface area contributed by atoms with Crippen molar-refractivity contribution in [3.05, 3.63) is 42.0 Å². The zero-order chi connectivity index (χ0) is 12.1. The minimum Gasteiger partial charge on any atom is -0.309 e. The molecular weight excluding hydrogens is 214 g/mol. The van der Waals surface area contributed by atoms with Gasteiger partial charge in [0.05, 0.1) is 24.5 Å². The fourth-order valence-electron chi connectivity index (χ4n) is 1.68. The van der Waals surface area contributed by atoms with Crippen LogP contribution >= 0.6 is 0 Å². The fourth-order valence-corrected chi connectivity index (χ4v) is 1.68. The average Bonchev–Trinajstić information content (AvgIpc) is 2.79. The van der Waals surface area contributed by atoms with E-state index in [0.717, 1.165) is 18.8 Å². The molecule has 1 unspecified atom stereocenters. The summed E-state index contributed by atoms with van der Waals surface area (Å²) in [5.41, 5.74) is 2.15. The third-order valence-electron chi connectivity index (χ3n) is 2.60. The maximum atomic E-state index is 4.17. The Hall–Kier alpha value is -1.75. The van der Waals surface area contributed by atoms with Crippen LogP contribution in [0.5, 0.6) is 0 Å². The summed E-state index contributed by atoms with van der Waals surface area (Å²) in [6.07, 6.45) is 5.55. The Balaban J connectivity index is 2.04. The highest BCUT2D eigenvalue weighted by Gasteiger charge is 2.08. The number of hydrogen-bond donors (Lipinski definition) is 1. The fraction of sp³-hybridized carbons (Fsp3) is 0.417. The summed E-state index contributed by atoms with van der Waals surface area (Å²) in [6, 6.07) is 4.20. The van der Waals surface area contributed by atoms with E-state index in [4.69, 9.17) is 0 Å². The molecule has 2 heterocycles. The van der Waals surface area contributed by atoms with Crippen molar-refractivity contribution in [2.45, 2.75) is 26.4 Å². The molecule has 1 N–H and O–H groups in total.